The molecule has 0 aromatic carbocycles. The average Bonchev–Trinajstić information content (AvgIpc) is 2.89. The largest absolute Gasteiger partial charge is 0.481 e. The fourth-order valence-electron chi connectivity index (χ4n) is 3.32. The van der Waals surface area contributed by atoms with Crippen LogP contribution >= 0.6 is 0 Å². The van der Waals surface area contributed by atoms with Crippen LogP contribution in [0.15, 0.2) is 0 Å². The van der Waals surface area contributed by atoms with Crippen LogP contribution < -0.4 is 0 Å². The smallest absolute Gasteiger partial charge is 0.310 e. The highest BCUT2D eigenvalue weighted by Gasteiger charge is 2.39. The number of aliphatic carboxylic acids is 1. The molecular weight excluding hydrogens is 214 g/mol. The molecule has 2 fully saturated rings. The highest BCUT2D eigenvalue weighted by molar-refractivity contribution is 5.74. The zero-order valence-electron chi connectivity index (χ0n) is 11.0. The zero-order valence-corrected chi connectivity index (χ0v) is 11.0. The predicted molar refractivity (Wildman–Crippen MR) is 68.0 cm³/mol. The van der Waals surface area contributed by atoms with Crippen molar-refractivity contribution in [2.45, 2.75) is 51.9 Å². The Labute approximate surface area is 104 Å². The summed E-state index contributed by atoms with van der Waals surface area (Å²) >= 11 is 0. The van der Waals surface area contributed by atoms with Crippen LogP contribution in [0.4, 0.5) is 0 Å². The third-order valence-corrected chi connectivity index (χ3v) is 4.63. The molecule has 0 amide bonds. The summed E-state index contributed by atoms with van der Waals surface area (Å²) in [7, 11) is 0. The minimum atomic E-state index is -0.629. The molecule has 3 heteroatoms. The lowest BCUT2D eigenvalue weighted by Gasteiger charge is -2.20. The van der Waals surface area contributed by atoms with Gasteiger partial charge in [-0.2, -0.15) is 0 Å². The van der Waals surface area contributed by atoms with Gasteiger partial charge in [0.05, 0.1) is 5.41 Å². The van der Waals surface area contributed by atoms with Crippen LogP contribution in [0, 0.1) is 11.3 Å². The second-order valence-electron chi connectivity index (χ2n) is 6.18. The third-order valence-electron chi connectivity index (χ3n) is 4.63. The van der Waals surface area contributed by atoms with Gasteiger partial charge in [0, 0.05) is 6.54 Å². The number of rotatable bonds is 5. The van der Waals surface area contributed by atoms with Crippen LogP contribution in [0.1, 0.15) is 51.9 Å². The maximum atomic E-state index is 11.1. The van der Waals surface area contributed by atoms with Gasteiger partial charge in [-0.25, -0.2) is 0 Å². The average molecular weight is 239 g/mol. The molecule has 1 atom stereocenters. The van der Waals surface area contributed by atoms with E-state index in [9.17, 15) is 4.79 Å². The molecule has 17 heavy (non-hydrogen) atoms. The van der Waals surface area contributed by atoms with Crippen molar-refractivity contribution in [1.82, 2.24) is 4.90 Å². The lowest BCUT2D eigenvalue weighted by Crippen LogP contribution is -2.32. The van der Waals surface area contributed by atoms with Crippen LogP contribution in [0.25, 0.3) is 0 Å². The van der Waals surface area contributed by atoms with Gasteiger partial charge in [0.2, 0.25) is 0 Å². The second-order valence-corrected chi connectivity index (χ2v) is 6.18. The Morgan fingerprint density at radius 1 is 1.41 bits per heavy atom. The van der Waals surface area contributed by atoms with Crippen molar-refractivity contribution < 1.29 is 9.90 Å². The van der Waals surface area contributed by atoms with E-state index in [1.165, 1.54) is 38.5 Å². The van der Waals surface area contributed by atoms with Gasteiger partial charge in [0.25, 0.3) is 0 Å². The molecule has 1 aliphatic heterocycles. The maximum absolute atomic E-state index is 11.1. The molecule has 1 unspecified atom stereocenters. The molecule has 1 saturated heterocycles. The van der Waals surface area contributed by atoms with E-state index in [0.29, 0.717) is 0 Å². The second kappa shape index (κ2) is 5.38. The van der Waals surface area contributed by atoms with Gasteiger partial charge < -0.3 is 10.0 Å². The first-order valence-corrected chi connectivity index (χ1v) is 7.06. The van der Waals surface area contributed by atoms with Gasteiger partial charge >= 0.3 is 5.97 Å². The van der Waals surface area contributed by atoms with E-state index < -0.39 is 11.4 Å². The molecule has 0 spiro atoms. The molecule has 0 bridgehead atoms. The van der Waals surface area contributed by atoms with E-state index in [1.54, 1.807) is 0 Å². The zero-order chi connectivity index (χ0) is 12.3. The number of carboxylic acids is 1. The highest BCUT2D eigenvalue weighted by atomic mass is 16.4. The minimum Gasteiger partial charge on any atom is -0.481 e. The topological polar surface area (TPSA) is 40.5 Å². The first kappa shape index (κ1) is 12.9. The van der Waals surface area contributed by atoms with E-state index >= 15 is 0 Å². The van der Waals surface area contributed by atoms with Crippen molar-refractivity contribution in [2.24, 2.45) is 11.3 Å². The Hall–Kier alpha value is -0.570. The maximum Gasteiger partial charge on any atom is 0.310 e. The van der Waals surface area contributed by atoms with Crippen LogP contribution in [0.5, 0.6) is 0 Å². The number of carboxylic acid groups (broad SMARTS) is 1. The number of hydrogen-bond donors (Lipinski definition) is 1. The van der Waals surface area contributed by atoms with Gasteiger partial charge in [-0.05, 0) is 45.2 Å². The Morgan fingerprint density at radius 3 is 2.71 bits per heavy atom. The van der Waals surface area contributed by atoms with Crippen LogP contribution in [-0.2, 0) is 4.79 Å². The fraction of sp³-hybridized carbons (Fsp3) is 0.929. The molecule has 0 radical (unpaired) electrons. The van der Waals surface area contributed by atoms with Crippen molar-refractivity contribution in [3.8, 4) is 0 Å². The third kappa shape index (κ3) is 3.21. The first-order valence-electron chi connectivity index (χ1n) is 7.06. The van der Waals surface area contributed by atoms with Crippen molar-refractivity contribution in [1.29, 1.82) is 0 Å². The monoisotopic (exact) mass is 239 g/mol. The highest BCUT2D eigenvalue weighted by Crippen LogP contribution is 2.31. The Morgan fingerprint density at radius 2 is 2.12 bits per heavy atom. The molecule has 1 saturated carbocycles. The van der Waals surface area contributed by atoms with Crippen molar-refractivity contribution >= 4 is 5.97 Å². The first-order chi connectivity index (χ1) is 8.10. The molecule has 2 aliphatic rings. The lowest BCUT2D eigenvalue weighted by atomic mass is 9.90. The normalized spacial score (nSPS) is 31.1. The molecule has 1 N–H and O–H groups in total. The number of likely N-dealkylation sites (tertiary alicyclic amines) is 1. The molecule has 0 aromatic rings. The SMILES string of the molecule is CC1(C(=O)O)CCN(CCCC2CCCC2)C1. The molecule has 1 aliphatic carbocycles. The summed E-state index contributed by atoms with van der Waals surface area (Å²) in [5.74, 6) is 0.333. The Bertz CT molecular complexity index is 273. The van der Waals surface area contributed by atoms with Gasteiger partial charge in [0.1, 0.15) is 0 Å². The van der Waals surface area contributed by atoms with Gasteiger partial charge in [-0.15, -0.1) is 0 Å². The van der Waals surface area contributed by atoms with Gasteiger partial charge in [-0.1, -0.05) is 25.7 Å². The Balaban J connectivity index is 1.66. The summed E-state index contributed by atoms with van der Waals surface area (Å²) < 4.78 is 0. The van der Waals surface area contributed by atoms with E-state index in [2.05, 4.69) is 4.90 Å². The van der Waals surface area contributed by atoms with Gasteiger partial charge in [0.15, 0.2) is 0 Å². The molecule has 0 aromatic heterocycles. The molecule has 1 heterocycles. The fourth-order valence-corrected chi connectivity index (χ4v) is 3.32. The summed E-state index contributed by atoms with van der Waals surface area (Å²) in [4.78, 5) is 13.5. The number of hydrogen-bond acceptors (Lipinski definition) is 2. The molecular formula is C14H25NO2. The van der Waals surface area contributed by atoms with Crippen LogP contribution in [0.2, 0.25) is 0 Å². The molecule has 98 valence electrons. The molecule has 3 nitrogen and oxygen atoms in total. The molecule has 2 rings (SSSR count). The van der Waals surface area contributed by atoms with Crippen molar-refractivity contribution in [3.05, 3.63) is 0 Å². The standard InChI is InChI=1S/C14H25NO2/c1-14(13(16)17)8-10-15(11-14)9-4-7-12-5-2-3-6-12/h12H,2-11H2,1H3,(H,16,17). The van der Waals surface area contributed by atoms with Gasteiger partial charge in [-0.3, -0.25) is 4.79 Å². The Kier molecular flexibility index (Phi) is 4.08. The predicted octanol–water partition coefficient (Wildman–Crippen LogP) is 2.75. The van der Waals surface area contributed by atoms with Crippen LogP contribution in [0.3, 0.4) is 0 Å². The van der Waals surface area contributed by atoms with Crippen molar-refractivity contribution in [3.63, 3.8) is 0 Å². The quantitative estimate of drug-likeness (QED) is 0.802. The van der Waals surface area contributed by atoms with Crippen LogP contribution in [-0.4, -0.2) is 35.6 Å². The minimum absolute atomic E-state index is 0.493. The summed E-state index contributed by atoms with van der Waals surface area (Å²) in [5.41, 5.74) is -0.493. The number of nitrogens with zero attached hydrogens (tertiary/aromatic N) is 1. The van der Waals surface area contributed by atoms with Crippen molar-refractivity contribution in [2.75, 3.05) is 19.6 Å². The van der Waals surface area contributed by atoms with E-state index in [1.807, 2.05) is 6.92 Å². The summed E-state index contributed by atoms with van der Waals surface area (Å²) in [6, 6.07) is 0. The van der Waals surface area contributed by atoms with E-state index in [-0.39, 0.29) is 0 Å². The summed E-state index contributed by atoms with van der Waals surface area (Å²) in [6.07, 6.45) is 9.10. The van der Waals surface area contributed by atoms with E-state index in [4.69, 9.17) is 5.11 Å². The number of carbonyl (C=O) groups is 1. The van der Waals surface area contributed by atoms with E-state index in [0.717, 1.165) is 32.0 Å². The lowest BCUT2D eigenvalue weighted by molar-refractivity contribution is -0.147. The summed E-state index contributed by atoms with van der Waals surface area (Å²) in [5, 5.41) is 9.16. The summed E-state index contributed by atoms with van der Waals surface area (Å²) in [6.45, 7) is 4.69.